The predicted octanol–water partition coefficient (Wildman–Crippen LogP) is 2.58. The molecule has 0 aliphatic rings. The minimum Gasteiger partial charge on any atom is -0.508 e. The highest BCUT2D eigenvalue weighted by Gasteiger charge is 2.08. The Morgan fingerprint density at radius 3 is 2.60 bits per heavy atom. The van der Waals surface area contributed by atoms with Gasteiger partial charge in [-0.15, -0.1) is 0 Å². The van der Waals surface area contributed by atoms with Gasteiger partial charge in [-0.25, -0.2) is 4.79 Å². The molecule has 0 amide bonds. The number of phenolic OH excluding ortho intramolecular Hbond substituents is 1. The SMILES string of the molecule is O=c1oc2cc(O)ccc2c2ccc(CCCO)cc12. The molecule has 0 unspecified atom stereocenters. The van der Waals surface area contributed by atoms with E-state index in [0.29, 0.717) is 17.4 Å². The Labute approximate surface area is 114 Å². The highest BCUT2D eigenvalue weighted by atomic mass is 16.4. The van der Waals surface area contributed by atoms with Crippen LogP contribution in [0, 0.1) is 0 Å². The van der Waals surface area contributed by atoms with Crippen molar-refractivity contribution in [2.75, 3.05) is 6.61 Å². The molecule has 0 fully saturated rings. The number of rotatable bonds is 3. The molecule has 1 heterocycles. The molecular weight excluding hydrogens is 256 g/mol. The van der Waals surface area contributed by atoms with E-state index in [1.807, 2.05) is 18.2 Å². The first-order valence-electron chi connectivity index (χ1n) is 6.48. The van der Waals surface area contributed by atoms with E-state index in [9.17, 15) is 9.90 Å². The van der Waals surface area contributed by atoms with Crippen LogP contribution in [0.5, 0.6) is 5.75 Å². The summed E-state index contributed by atoms with van der Waals surface area (Å²) >= 11 is 0. The maximum absolute atomic E-state index is 12.0. The lowest BCUT2D eigenvalue weighted by Crippen LogP contribution is -2.01. The van der Waals surface area contributed by atoms with Crippen LogP contribution in [0.25, 0.3) is 21.7 Å². The maximum atomic E-state index is 12.0. The summed E-state index contributed by atoms with van der Waals surface area (Å²) in [7, 11) is 0. The Morgan fingerprint density at radius 1 is 1.00 bits per heavy atom. The van der Waals surface area contributed by atoms with Gasteiger partial charge in [-0.2, -0.15) is 0 Å². The van der Waals surface area contributed by atoms with E-state index in [4.69, 9.17) is 9.52 Å². The van der Waals surface area contributed by atoms with Gasteiger partial charge in [-0.1, -0.05) is 12.1 Å². The summed E-state index contributed by atoms with van der Waals surface area (Å²) in [5, 5.41) is 20.4. The topological polar surface area (TPSA) is 70.7 Å². The van der Waals surface area contributed by atoms with Crippen molar-refractivity contribution in [3.8, 4) is 5.75 Å². The standard InChI is InChI=1S/C16H14O4/c17-7-1-2-10-3-5-12-13-6-4-11(18)9-15(13)20-16(19)14(12)8-10/h3-6,8-9,17-18H,1-2,7H2. The summed E-state index contributed by atoms with van der Waals surface area (Å²) in [6.45, 7) is 0.129. The van der Waals surface area contributed by atoms with E-state index >= 15 is 0 Å². The number of fused-ring (bicyclic) bond motifs is 3. The van der Waals surface area contributed by atoms with Crippen LogP contribution in [0.4, 0.5) is 0 Å². The van der Waals surface area contributed by atoms with Crippen LogP contribution in [-0.2, 0) is 6.42 Å². The molecule has 0 saturated carbocycles. The Bertz CT molecular complexity index is 833. The average molecular weight is 270 g/mol. The second-order valence-corrected chi connectivity index (χ2v) is 4.78. The van der Waals surface area contributed by atoms with Gasteiger partial charge in [0, 0.05) is 18.1 Å². The van der Waals surface area contributed by atoms with Gasteiger partial charge in [-0.3, -0.25) is 0 Å². The van der Waals surface area contributed by atoms with Crippen molar-refractivity contribution >= 4 is 21.7 Å². The normalized spacial score (nSPS) is 11.2. The molecule has 3 rings (SSSR count). The van der Waals surface area contributed by atoms with Gasteiger partial charge in [0.15, 0.2) is 0 Å². The van der Waals surface area contributed by atoms with Crippen LogP contribution in [0.15, 0.2) is 45.6 Å². The van der Waals surface area contributed by atoms with Crippen molar-refractivity contribution in [3.05, 3.63) is 52.4 Å². The average Bonchev–Trinajstić information content (AvgIpc) is 2.45. The fourth-order valence-electron chi connectivity index (χ4n) is 2.41. The zero-order valence-corrected chi connectivity index (χ0v) is 10.8. The second-order valence-electron chi connectivity index (χ2n) is 4.78. The van der Waals surface area contributed by atoms with E-state index in [2.05, 4.69) is 0 Å². The van der Waals surface area contributed by atoms with Crippen LogP contribution in [0.3, 0.4) is 0 Å². The Kier molecular flexibility index (Phi) is 3.16. The highest BCUT2D eigenvalue weighted by molar-refractivity contribution is 6.04. The lowest BCUT2D eigenvalue weighted by atomic mass is 10.0. The van der Waals surface area contributed by atoms with E-state index in [-0.39, 0.29) is 12.4 Å². The Morgan fingerprint density at radius 2 is 1.80 bits per heavy atom. The van der Waals surface area contributed by atoms with Crippen LogP contribution in [0.2, 0.25) is 0 Å². The van der Waals surface area contributed by atoms with Crippen LogP contribution in [0.1, 0.15) is 12.0 Å². The quantitative estimate of drug-likeness (QED) is 0.567. The van der Waals surface area contributed by atoms with Crippen molar-refractivity contribution < 1.29 is 14.6 Å². The van der Waals surface area contributed by atoms with E-state index in [1.165, 1.54) is 6.07 Å². The molecule has 3 aromatic rings. The van der Waals surface area contributed by atoms with Crippen molar-refractivity contribution in [1.29, 1.82) is 0 Å². The number of phenols is 1. The van der Waals surface area contributed by atoms with Crippen molar-refractivity contribution in [2.45, 2.75) is 12.8 Å². The summed E-state index contributed by atoms with van der Waals surface area (Å²) in [6.07, 6.45) is 1.39. The van der Waals surface area contributed by atoms with Gasteiger partial charge < -0.3 is 14.6 Å². The van der Waals surface area contributed by atoms with Crippen LogP contribution >= 0.6 is 0 Å². The third kappa shape index (κ3) is 2.14. The minimum atomic E-state index is -0.413. The highest BCUT2D eigenvalue weighted by Crippen LogP contribution is 2.26. The first-order chi connectivity index (χ1) is 9.69. The number of benzene rings is 2. The monoisotopic (exact) mass is 270 g/mol. The van der Waals surface area contributed by atoms with Crippen molar-refractivity contribution in [2.24, 2.45) is 0 Å². The molecule has 0 bridgehead atoms. The summed E-state index contributed by atoms with van der Waals surface area (Å²) in [6, 6.07) is 10.4. The molecule has 20 heavy (non-hydrogen) atoms. The minimum absolute atomic E-state index is 0.0690. The van der Waals surface area contributed by atoms with Gasteiger partial charge in [0.05, 0.1) is 5.39 Å². The summed E-state index contributed by atoms with van der Waals surface area (Å²) < 4.78 is 5.25. The molecule has 2 aromatic carbocycles. The molecule has 0 radical (unpaired) electrons. The van der Waals surface area contributed by atoms with Gasteiger partial charge >= 0.3 is 5.63 Å². The molecule has 4 heteroatoms. The second kappa shape index (κ2) is 4.98. The number of aryl methyl sites for hydroxylation is 1. The predicted molar refractivity (Wildman–Crippen MR) is 77.1 cm³/mol. The number of aliphatic hydroxyl groups is 1. The van der Waals surface area contributed by atoms with Gasteiger partial charge in [-0.05, 0) is 42.0 Å². The fourth-order valence-corrected chi connectivity index (χ4v) is 2.41. The number of aliphatic hydroxyl groups excluding tert-OH is 1. The summed E-state index contributed by atoms with van der Waals surface area (Å²) in [4.78, 5) is 12.0. The largest absolute Gasteiger partial charge is 0.508 e. The first kappa shape index (κ1) is 12.7. The van der Waals surface area contributed by atoms with E-state index in [0.717, 1.165) is 22.8 Å². The lowest BCUT2D eigenvalue weighted by Gasteiger charge is -2.05. The van der Waals surface area contributed by atoms with Gasteiger partial charge in [0.1, 0.15) is 11.3 Å². The Hall–Kier alpha value is -2.33. The molecule has 0 atom stereocenters. The van der Waals surface area contributed by atoms with E-state index < -0.39 is 5.63 Å². The maximum Gasteiger partial charge on any atom is 0.344 e. The smallest absolute Gasteiger partial charge is 0.344 e. The van der Waals surface area contributed by atoms with Crippen LogP contribution in [-0.4, -0.2) is 16.8 Å². The van der Waals surface area contributed by atoms with Crippen molar-refractivity contribution in [3.63, 3.8) is 0 Å². The molecule has 0 saturated heterocycles. The third-order valence-corrected chi connectivity index (χ3v) is 3.39. The molecule has 102 valence electrons. The van der Waals surface area contributed by atoms with E-state index in [1.54, 1.807) is 12.1 Å². The zero-order chi connectivity index (χ0) is 14.1. The number of hydrogen-bond acceptors (Lipinski definition) is 4. The molecular formula is C16H14O4. The molecule has 0 aliphatic carbocycles. The zero-order valence-electron chi connectivity index (χ0n) is 10.8. The molecule has 1 aromatic heterocycles. The molecule has 2 N–H and O–H groups in total. The Balaban J connectivity index is 2.26. The third-order valence-electron chi connectivity index (χ3n) is 3.39. The summed E-state index contributed by atoms with van der Waals surface area (Å²) in [5.41, 5.74) is 0.964. The number of aromatic hydroxyl groups is 1. The fraction of sp³-hybridized carbons (Fsp3) is 0.188. The van der Waals surface area contributed by atoms with Crippen LogP contribution < -0.4 is 5.63 Å². The van der Waals surface area contributed by atoms with Crippen molar-refractivity contribution in [1.82, 2.24) is 0 Å². The molecule has 4 nitrogen and oxygen atoms in total. The number of hydrogen-bond donors (Lipinski definition) is 2. The summed E-state index contributed by atoms with van der Waals surface area (Å²) in [5.74, 6) is 0.0690. The lowest BCUT2D eigenvalue weighted by molar-refractivity contribution is 0.288. The van der Waals surface area contributed by atoms with Gasteiger partial charge in [0.25, 0.3) is 0 Å². The molecule has 0 aliphatic heterocycles. The first-order valence-corrected chi connectivity index (χ1v) is 6.48. The molecule has 0 spiro atoms. The van der Waals surface area contributed by atoms with Gasteiger partial charge in [0.2, 0.25) is 0 Å².